The van der Waals surface area contributed by atoms with Crippen LogP contribution in [-0.2, 0) is 6.54 Å². The van der Waals surface area contributed by atoms with E-state index in [1.165, 1.54) is 24.1 Å². The number of nitrogens with zero attached hydrogens (tertiary/aromatic N) is 1. The van der Waals surface area contributed by atoms with Gasteiger partial charge in [-0.2, -0.15) is 0 Å². The van der Waals surface area contributed by atoms with Crippen molar-refractivity contribution in [3.63, 3.8) is 0 Å². The van der Waals surface area contributed by atoms with Crippen LogP contribution in [0.1, 0.15) is 25.3 Å². The Hall–Kier alpha value is -2.47. The zero-order valence-electron chi connectivity index (χ0n) is 16.8. The minimum absolute atomic E-state index is 0.571. The standard InChI is InChI=1S/C22H29N3O2S/c1-16-5-4-12-25(15-16)19-9-6-17(7-10-19)14-23-22(28)24-18-8-11-20(26-2)21(13-18)27-3/h6-11,13,16H,4-5,12,14-15H2,1-3H3,(H2,23,24,28). The lowest BCUT2D eigenvalue weighted by Crippen LogP contribution is -2.34. The molecule has 28 heavy (non-hydrogen) atoms. The van der Waals surface area contributed by atoms with Gasteiger partial charge in [-0.25, -0.2) is 0 Å². The smallest absolute Gasteiger partial charge is 0.171 e. The number of benzene rings is 2. The second-order valence-electron chi connectivity index (χ2n) is 7.24. The molecule has 0 aliphatic carbocycles. The molecule has 0 amide bonds. The summed E-state index contributed by atoms with van der Waals surface area (Å²) in [6.45, 7) is 5.31. The van der Waals surface area contributed by atoms with Crippen molar-refractivity contribution in [2.45, 2.75) is 26.3 Å². The van der Waals surface area contributed by atoms with E-state index in [2.05, 4.69) is 46.7 Å². The van der Waals surface area contributed by atoms with E-state index in [4.69, 9.17) is 21.7 Å². The largest absolute Gasteiger partial charge is 0.493 e. The molecule has 1 unspecified atom stereocenters. The van der Waals surface area contributed by atoms with Crippen molar-refractivity contribution < 1.29 is 9.47 Å². The molecule has 1 saturated heterocycles. The van der Waals surface area contributed by atoms with Gasteiger partial charge in [-0.15, -0.1) is 0 Å². The van der Waals surface area contributed by atoms with Crippen LogP contribution in [0.25, 0.3) is 0 Å². The maximum Gasteiger partial charge on any atom is 0.171 e. The van der Waals surface area contributed by atoms with Gasteiger partial charge in [-0.05, 0) is 60.8 Å². The molecule has 1 atom stereocenters. The molecule has 2 N–H and O–H groups in total. The van der Waals surface area contributed by atoms with Crippen molar-refractivity contribution in [1.82, 2.24) is 5.32 Å². The fraction of sp³-hybridized carbons (Fsp3) is 0.409. The van der Waals surface area contributed by atoms with E-state index in [0.29, 0.717) is 23.2 Å². The summed E-state index contributed by atoms with van der Waals surface area (Å²) in [5, 5.41) is 7.01. The highest BCUT2D eigenvalue weighted by atomic mass is 32.1. The highest BCUT2D eigenvalue weighted by Crippen LogP contribution is 2.29. The monoisotopic (exact) mass is 399 g/mol. The Morgan fingerprint density at radius 1 is 1.11 bits per heavy atom. The number of thiocarbonyl (C=S) groups is 1. The van der Waals surface area contributed by atoms with Gasteiger partial charge in [0.25, 0.3) is 0 Å². The average Bonchev–Trinajstić information content (AvgIpc) is 2.72. The molecular weight excluding hydrogens is 370 g/mol. The third kappa shape index (κ3) is 5.29. The van der Waals surface area contributed by atoms with E-state index in [9.17, 15) is 0 Å². The van der Waals surface area contributed by atoms with Crippen molar-refractivity contribution in [2.75, 3.05) is 37.5 Å². The maximum absolute atomic E-state index is 5.41. The third-order valence-electron chi connectivity index (χ3n) is 5.05. The summed E-state index contributed by atoms with van der Waals surface area (Å²) in [5.41, 5.74) is 3.36. The molecule has 2 aromatic rings. The number of hydrogen-bond acceptors (Lipinski definition) is 4. The minimum atomic E-state index is 0.571. The van der Waals surface area contributed by atoms with Gasteiger partial charge in [0.15, 0.2) is 16.6 Å². The number of ether oxygens (including phenoxy) is 2. The van der Waals surface area contributed by atoms with Gasteiger partial charge in [0.05, 0.1) is 14.2 Å². The number of methoxy groups -OCH3 is 2. The molecule has 5 nitrogen and oxygen atoms in total. The number of rotatable bonds is 6. The van der Waals surface area contributed by atoms with Gasteiger partial charge in [-0.3, -0.25) is 0 Å². The Morgan fingerprint density at radius 3 is 2.54 bits per heavy atom. The molecule has 1 aliphatic rings. The molecule has 2 aromatic carbocycles. The highest BCUT2D eigenvalue weighted by molar-refractivity contribution is 7.80. The van der Waals surface area contributed by atoms with Crippen LogP contribution in [0.2, 0.25) is 0 Å². The summed E-state index contributed by atoms with van der Waals surface area (Å²) < 4.78 is 10.6. The van der Waals surface area contributed by atoms with E-state index in [1.807, 2.05) is 18.2 Å². The Kier molecular flexibility index (Phi) is 6.98. The quantitative estimate of drug-likeness (QED) is 0.701. The SMILES string of the molecule is COc1ccc(NC(=S)NCc2ccc(N3CCCC(C)C3)cc2)cc1OC. The van der Waals surface area contributed by atoms with E-state index in [1.54, 1.807) is 14.2 Å². The van der Waals surface area contributed by atoms with E-state index in [0.717, 1.165) is 24.7 Å². The first-order valence-electron chi connectivity index (χ1n) is 9.70. The molecule has 3 rings (SSSR count). The van der Waals surface area contributed by atoms with E-state index >= 15 is 0 Å². The number of anilines is 2. The first kappa shape index (κ1) is 20.3. The van der Waals surface area contributed by atoms with Gasteiger partial charge >= 0.3 is 0 Å². The summed E-state index contributed by atoms with van der Waals surface area (Å²) in [6.07, 6.45) is 2.61. The predicted octanol–water partition coefficient (Wildman–Crippen LogP) is 4.43. The molecule has 150 valence electrons. The molecule has 1 heterocycles. The molecule has 0 aromatic heterocycles. The number of hydrogen-bond donors (Lipinski definition) is 2. The minimum Gasteiger partial charge on any atom is -0.493 e. The lowest BCUT2D eigenvalue weighted by Gasteiger charge is -2.32. The van der Waals surface area contributed by atoms with Crippen molar-refractivity contribution in [3.05, 3.63) is 48.0 Å². The molecule has 6 heteroatoms. The summed E-state index contributed by atoms with van der Waals surface area (Å²) in [5.74, 6) is 2.13. The third-order valence-corrected chi connectivity index (χ3v) is 5.30. The van der Waals surface area contributed by atoms with Crippen LogP contribution < -0.4 is 25.0 Å². The second-order valence-corrected chi connectivity index (χ2v) is 7.65. The lowest BCUT2D eigenvalue weighted by molar-refractivity contribution is 0.355. The normalized spacial score (nSPS) is 16.4. The summed E-state index contributed by atoms with van der Waals surface area (Å²) in [6, 6.07) is 14.4. The van der Waals surface area contributed by atoms with Crippen molar-refractivity contribution in [3.8, 4) is 11.5 Å². The fourth-order valence-corrected chi connectivity index (χ4v) is 3.71. The zero-order chi connectivity index (χ0) is 19.9. The molecule has 0 radical (unpaired) electrons. The average molecular weight is 400 g/mol. The first-order valence-corrected chi connectivity index (χ1v) is 10.1. The number of nitrogens with one attached hydrogen (secondary N) is 2. The van der Waals surface area contributed by atoms with Crippen LogP contribution in [0.5, 0.6) is 11.5 Å². The van der Waals surface area contributed by atoms with Gasteiger partial charge in [0.1, 0.15) is 0 Å². The van der Waals surface area contributed by atoms with Crippen molar-refractivity contribution >= 4 is 28.7 Å². The fourth-order valence-electron chi connectivity index (χ4n) is 3.52. The molecule has 1 fully saturated rings. The summed E-state index contributed by atoms with van der Waals surface area (Å²) in [4.78, 5) is 2.48. The van der Waals surface area contributed by atoms with Gasteiger partial charge in [-0.1, -0.05) is 19.1 Å². The molecular formula is C22H29N3O2S. The van der Waals surface area contributed by atoms with Crippen molar-refractivity contribution in [1.29, 1.82) is 0 Å². The molecule has 0 spiro atoms. The van der Waals surface area contributed by atoms with Crippen LogP contribution in [0.3, 0.4) is 0 Å². The van der Waals surface area contributed by atoms with Crippen LogP contribution in [-0.4, -0.2) is 32.4 Å². The Balaban J connectivity index is 1.52. The van der Waals surface area contributed by atoms with Crippen LogP contribution in [0.15, 0.2) is 42.5 Å². The van der Waals surface area contributed by atoms with Gasteiger partial charge in [0, 0.05) is 37.1 Å². The second kappa shape index (κ2) is 9.64. The predicted molar refractivity (Wildman–Crippen MR) is 120 cm³/mol. The molecule has 0 bridgehead atoms. The topological polar surface area (TPSA) is 45.8 Å². The number of piperidine rings is 1. The highest BCUT2D eigenvalue weighted by Gasteiger charge is 2.16. The first-order chi connectivity index (χ1) is 13.6. The van der Waals surface area contributed by atoms with Crippen LogP contribution >= 0.6 is 12.2 Å². The van der Waals surface area contributed by atoms with E-state index in [-0.39, 0.29) is 0 Å². The summed E-state index contributed by atoms with van der Waals surface area (Å²) >= 11 is 5.41. The molecule has 1 aliphatic heterocycles. The zero-order valence-corrected chi connectivity index (χ0v) is 17.6. The van der Waals surface area contributed by atoms with Crippen LogP contribution in [0, 0.1) is 5.92 Å². The van der Waals surface area contributed by atoms with Crippen LogP contribution in [0.4, 0.5) is 11.4 Å². The summed E-state index contributed by atoms with van der Waals surface area (Å²) in [7, 11) is 3.24. The molecule has 0 saturated carbocycles. The maximum atomic E-state index is 5.41. The Bertz CT molecular complexity index is 795. The van der Waals surface area contributed by atoms with Gasteiger partial charge in [0.2, 0.25) is 0 Å². The Labute approximate surface area is 173 Å². The van der Waals surface area contributed by atoms with E-state index < -0.39 is 0 Å². The lowest BCUT2D eigenvalue weighted by atomic mass is 9.99. The Morgan fingerprint density at radius 2 is 1.86 bits per heavy atom. The van der Waals surface area contributed by atoms with Crippen molar-refractivity contribution in [2.24, 2.45) is 5.92 Å². The van der Waals surface area contributed by atoms with Gasteiger partial charge < -0.3 is 25.0 Å².